The van der Waals surface area contributed by atoms with Crippen molar-refractivity contribution in [1.82, 2.24) is 4.98 Å². The van der Waals surface area contributed by atoms with Gasteiger partial charge in [0.05, 0.1) is 21.3 Å². The van der Waals surface area contributed by atoms with Crippen molar-refractivity contribution in [3.8, 4) is 0 Å². The van der Waals surface area contributed by atoms with Crippen LogP contribution in [0.2, 0.25) is 0 Å². The van der Waals surface area contributed by atoms with E-state index in [1.807, 2.05) is 6.07 Å². The molecule has 0 N–H and O–H groups in total. The molecule has 1 heterocycles. The molecule has 0 amide bonds. The van der Waals surface area contributed by atoms with Crippen LogP contribution >= 0.6 is 22.9 Å². The lowest BCUT2D eigenvalue weighted by Gasteiger charge is -2.35. The maximum Gasteiger partial charge on any atom is 0.0953 e. The number of nitrogens with zero attached hydrogens (tertiary/aromatic N) is 1. The molecule has 3 rings (SSSR count). The maximum atomic E-state index is 6.50. The highest BCUT2D eigenvalue weighted by Gasteiger charge is 2.31. The van der Waals surface area contributed by atoms with Gasteiger partial charge in [-0.25, -0.2) is 4.98 Å². The molecular weight excluding hydrogens is 290 g/mol. The highest BCUT2D eigenvalue weighted by Crippen LogP contribution is 2.35. The van der Waals surface area contributed by atoms with Crippen molar-refractivity contribution in [1.29, 1.82) is 0 Å². The summed E-state index contributed by atoms with van der Waals surface area (Å²) in [5.74, 6) is 0.739. The van der Waals surface area contributed by atoms with Gasteiger partial charge in [0.1, 0.15) is 0 Å². The topological polar surface area (TPSA) is 22.1 Å². The van der Waals surface area contributed by atoms with Gasteiger partial charge < -0.3 is 4.74 Å². The highest BCUT2D eigenvalue weighted by atomic mass is 35.5. The number of alkyl halides is 1. The molecule has 0 bridgehead atoms. The number of halogens is 1. The number of rotatable bonds is 6. The van der Waals surface area contributed by atoms with E-state index in [1.165, 1.54) is 17.5 Å². The van der Waals surface area contributed by atoms with Crippen LogP contribution in [0, 0.1) is 5.92 Å². The molecule has 1 unspecified atom stereocenters. The first-order valence-electron chi connectivity index (χ1n) is 7.34. The molecule has 1 aliphatic carbocycles. The number of ether oxygens (including phenoxy) is 1. The van der Waals surface area contributed by atoms with Crippen molar-refractivity contribution in [2.24, 2.45) is 5.92 Å². The van der Waals surface area contributed by atoms with Crippen LogP contribution in [0.15, 0.2) is 24.3 Å². The van der Waals surface area contributed by atoms with E-state index in [1.54, 1.807) is 11.3 Å². The number of fused-ring (bicyclic) bond motifs is 1. The Kier molecular flexibility index (Phi) is 4.59. The number of thiazole rings is 1. The van der Waals surface area contributed by atoms with E-state index in [-0.39, 0.29) is 5.38 Å². The summed E-state index contributed by atoms with van der Waals surface area (Å²) in [6, 6.07) is 8.28. The zero-order chi connectivity index (χ0) is 13.9. The van der Waals surface area contributed by atoms with Crippen molar-refractivity contribution in [2.45, 2.75) is 44.1 Å². The Hall–Kier alpha value is -0.640. The molecule has 1 aromatic heterocycles. The van der Waals surface area contributed by atoms with Crippen LogP contribution in [-0.4, -0.2) is 23.1 Å². The molecule has 4 heteroatoms. The van der Waals surface area contributed by atoms with E-state index in [4.69, 9.17) is 16.3 Å². The van der Waals surface area contributed by atoms with Crippen molar-refractivity contribution < 1.29 is 4.74 Å². The minimum absolute atomic E-state index is 0.197. The fourth-order valence-electron chi connectivity index (χ4n) is 2.88. The third-order valence-corrected chi connectivity index (χ3v) is 5.31. The summed E-state index contributed by atoms with van der Waals surface area (Å²) in [5.41, 5.74) is 1.09. The quantitative estimate of drug-likeness (QED) is 0.725. The molecule has 1 fully saturated rings. The second-order valence-corrected chi connectivity index (χ2v) is 7.26. The zero-order valence-corrected chi connectivity index (χ0v) is 13.3. The Morgan fingerprint density at radius 3 is 2.95 bits per heavy atom. The molecule has 108 valence electrons. The van der Waals surface area contributed by atoms with Crippen LogP contribution in [0.4, 0.5) is 0 Å². The average molecular weight is 310 g/mol. The number of benzene rings is 1. The van der Waals surface area contributed by atoms with Crippen molar-refractivity contribution in [3.63, 3.8) is 0 Å². The molecule has 0 radical (unpaired) electrons. The van der Waals surface area contributed by atoms with Gasteiger partial charge in [-0.2, -0.15) is 0 Å². The maximum absolute atomic E-state index is 6.50. The minimum Gasteiger partial charge on any atom is -0.378 e. The molecule has 20 heavy (non-hydrogen) atoms. The minimum atomic E-state index is 0.197. The fourth-order valence-corrected chi connectivity index (χ4v) is 4.42. The highest BCUT2D eigenvalue weighted by molar-refractivity contribution is 7.18. The summed E-state index contributed by atoms with van der Waals surface area (Å²) in [6.45, 7) is 2.89. The summed E-state index contributed by atoms with van der Waals surface area (Å²) >= 11 is 8.27. The van der Waals surface area contributed by atoms with Crippen LogP contribution in [0.1, 0.15) is 31.2 Å². The third-order valence-electron chi connectivity index (χ3n) is 3.92. The monoisotopic (exact) mass is 309 g/mol. The number of hydrogen-bond donors (Lipinski definition) is 0. The van der Waals surface area contributed by atoms with Gasteiger partial charge in [0.2, 0.25) is 0 Å². The van der Waals surface area contributed by atoms with Gasteiger partial charge in [0, 0.05) is 18.4 Å². The summed E-state index contributed by atoms with van der Waals surface area (Å²) in [4.78, 5) is 4.66. The first-order chi connectivity index (χ1) is 9.74. The van der Waals surface area contributed by atoms with E-state index in [0.29, 0.717) is 6.10 Å². The lowest BCUT2D eigenvalue weighted by molar-refractivity contribution is -0.0266. The van der Waals surface area contributed by atoms with Gasteiger partial charge in [-0.1, -0.05) is 12.1 Å². The molecule has 0 spiro atoms. The van der Waals surface area contributed by atoms with Gasteiger partial charge in [-0.05, 0) is 44.2 Å². The normalized spacial score (nSPS) is 23.7. The molecule has 2 nitrogen and oxygen atoms in total. The molecule has 1 saturated carbocycles. The predicted octanol–water partition coefficient (Wildman–Crippen LogP) is 4.65. The van der Waals surface area contributed by atoms with Crippen molar-refractivity contribution in [3.05, 3.63) is 29.3 Å². The Bertz CT molecular complexity index is 531. The van der Waals surface area contributed by atoms with Crippen molar-refractivity contribution >= 4 is 33.2 Å². The molecular formula is C16H20ClNOS. The second kappa shape index (κ2) is 6.42. The third kappa shape index (κ3) is 3.33. The van der Waals surface area contributed by atoms with Crippen LogP contribution in [0.25, 0.3) is 10.2 Å². The van der Waals surface area contributed by atoms with Gasteiger partial charge in [-0.15, -0.1) is 22.9 Å². The van der Waals surface area contributed by atoms with Crippen LogP contribution in [-0.2, 0) is 11.2 Å². The van der Waals surface area contributed by atoms with Crippen LogP contribution < -0.4 is 0 Å². The fraction of sp³-hybridized carbons (Fsp3) is 0.562. The first-order valence-corrected chi connectivity index (χ1v) is 8.60. The predicted molar refractivity (Wildman–Crippen MR) is 85.7 cm³/mol. The SMILES string of the molecule is CCOC1CC(CC(Cl)Cc2nc3ccccc3s2)C1. The van der Waals surface area contributed by atoms with Crippen LogP contribution in [0.5, 0.6) is 0 Å². The molecule has 1 aromatic carbocycles. The molecule has 2 aromatic rings. The van der Waals surface area contributed by atoms with Gasteiger partial charge >= 0.3 is 0 Å². The average Bonchev–Trinajstić information content (AvgIpc) is 2.78. The van der Waals surface area contributed by atoms with E-state index >= 15 is 0 Å². The number of aromatic nitrogens is 1. The number of hydrogen-bond acceptors (Lipinski definition) is 3. The summed E-state index contributed by atoms with van der Waals surface area (Å²) in [7, 11) is 0. The van der Waals surface area contributed by atoms with Gasteiger partial charge in [0.25, 0.3) is 0 Å². The van der Waals surface area contributed by atoms with Gasteiger partial charge in [-0.3, -0.25) is 0 Å². The molecule has 0 saturated heterocycles. The van der Waals surface area contributed by atoms with Crippen molar-refractivity contribution in [2.75, 3.05) is 6.61 Å². The van der Waals surface area contributed by atoms with E-state index in [9.17, 15) is 0 Å². The standard InChI is InChI=1S/C16H20ClNOS/c1-2-19-13-8-11(9-13)7-12(17)10-16-18-14-5-3-4-6-15(14)20-16/h3-6,11-13H,2,7-10H2,1H3. The lowest BCUT2D eigenvalue weighted by atomic mass is 9.79. The largest absolute Gasteiger partial charge is 0.378 e. The Morgan fingerprint density at radius 2 is 2.20 bits per heavy atom. The lowest BCUT2D eigenvalue weighted by Crippen LogP contribution is -2.33. The molecule has 1 atom stereocenters. The summed E-state index contributed by atoms with van der Waals surface area (Å²) in [6.07, 6.45) is 4.81. The Morgan fingerprint density at radius 1 is 1.40 bits per heavy atom. The smallest absolute Gasteiger partial charge is 0.0953 e. The molecule has 0 aliphatic heterocycles. The second-order valence-electron chi connectivity index (χ2n) is 5.53. The number of para-hydroxylation sites is 1. The summed E-state index contributed by atoms with van der Waals surface area (Å²) in [5, 5.41) is 1.36. The van der Waals surface area contributed by atoms with Crippen LogP contribution in [0.3, 0.4) is 0 Å². The Balaban J connectivity index is 1.50. The van der Waals surface area contributed by atoms with E-state index in [2.05, 4.69) is 30.1 Å². The van der Waals surface area contributed by atoms with E-state index < -0.39 is 0 Å². The Labute approximate surface area is 129 Å². The zero-order valence-electron chi connectivity index (χ0n) is 11.7. The van der Waals surface area contributed by atoms with E-state index in [0.717, 1.165) is 35.9 Å². The summed E-state index contributed by atoms with van der Waals surface area (Å²) < 4.78 is 6.85. The molecule has 1 aliphatic rings. The first kappa shape index (κ1) is 14.3. The van der Waals surface area contributed by atoms with Gasteiger partial charge in [0.15, 0.2) is 0 Å².